The van der Waals surface area contributed by atoms with E-state index < -0.39 is 0 Å². The lowest BCUT2D eigenvalue weighted by atomic mass is 10.1. The van der Waals surface area contributed by atoms with E-state index in [1.54, 1.807) is 11.3 Å². The summed E-state index contributed by atoms with van der Waals surface area (Å²) in [6, 6.07) is 0.364. The first kappa shape index (κ1) is 13.9. The van der Waals surface area contributed by atoms with Gasteiger partial charge in [0.2, 0.25) is 0 Å². The molecule has 0 amide bonds. The van der Waals surface area contributed by atoms with Crippen LogP contribution in [-0.4, -0.2) is 55.3 Å². The Morgan fingerprint density at radius 3 is 3.11 bits per heavy atom. The van der Waals surface area contributed by atoms with Gasteiger partial charge in [0.1, 0.15) is 0 Å². The molecule has 2 atom stereocenters. The van der Waals surface area contributed by atoms with Crippen LogP contribution in [0.4, 0.5) is 0 Å². The number of aryl methyl sites for hydroxylation is 1. The lowest BCUT2D eigenvalue weighted by Gasteiger charge is -2.35. The van der Waals surface area contributed by atoms with Gasteiger partial charge in [0.15, 0.2) is 0 Å². The molecule has 2 heterocycles. The standard InChI is InChI=1S/C13H23N3OS/c1-4-14-11(7-13-15-10(2)9-18-13)12-8-16(3)5-6-17-12/h9,11-12,14H,4-8H2,1-3H3. The van der Waals surface area contributed by atoms with Crippen molar-refractivity contribution in [2.75, 3.05) is 33.3 Å². The summed E-state index contributed by atoms with van der Waals surface area (Å²) in [4.78, 5) is 6.89. The van der Waals surface area contributed by atoms with Crippen molar-refractivity contribution in [2.45, 2.75) is 32.4 Å². The van der Waals surface area contributed by atoms with Crippen LogP contribution in [0.2, 0.25) is 0 Å². The van der Waals surface area contributed by atoms with Crippen LogP contribution in [0, 0.1) is 6.92 Å². The predicted octanol–water partition coefficient (Wildman–Crippen LogP) is 1.30. The van der Waals surface area contributed by atoms with Gasteiger partial charge >= 0.3 is 0 Å². The molecule has 18 heavy (non-hydrogen) atoms. The van der Waals surface area contributed by atoms with E-state index in [2.05, 4.69) is 34.6 Å². The smallest absolute Gasteiger partial charge is 0.0944 e. The van der Waals surface area contributed by atoms with Crippen LogP contribution in [0.25, 0.3) is 0 Å². The van der Waals surface area contributed by atoms with Crippen molar-refractivity contribution in [3.05, 3.63) is 16.1 Å². The zero-order valence-corrected chi connectivity index (χ0v) is 12.3. The Morgan fingerprint density at radius 2 is 2.50 bits per heavy atom. The summed E-state index contributed by atoms with van der Waals surface area (Å²) < 4.78 is 5.91. The quantitative estimate of drug-likeness (QED) is 0.874. The zero-order chi connectivity index (χ0) is 13.0. The monoisotopic (exact) mass is 269 g/mol. The number of aromatic nitrogens is 1. The highest BCUT2D eigenvalue weighted by Crippen LogP contribution is 2.16. The van der Waals surface area contributed by atoms with E-state index in [0.29, 0.717) is 6.04 Å². The van der Waals surface area contributed by atoms with Gasteiger partial charge in [-0.3, -0.25) is 0 Å². The predicted molar refractivity (Wildman–Crippen MR) is 75.3 cm³/mol. The molecule has 0 spiro atoms. The third-order valence-corrected chi connectivity index (χ3v) is 4.26. The molecule has 2 unspecified atom stereocenters. The maximum Gasteiger partial charge on any atom is 0.0944 e. The second kappa shape index (κ2) is 6.61. The molecule has 0 aromatic carbocycles. The Hall–Kier alpha value is -0.490. The van der Waals surface area contributed by atoms with Crippen LogP contribution in [0.3, 0.4) is 0 Å². The number of rotatable bonds is 5. The summed E-state index contributed by atoms with van der Waals surface area (Å²) in [5.74, 6) is 0. The fourth-order valence-electron chi connectivity index (χ4n) is 2.34. The average molecular weight is 269 g/mol. The first-order valence-corrected chi connectivity index (χ1v) is 7.51. The number of ether oxygens (including phenoxy) is 1. The van der Waals surface area contributed by atoms with Crippen LogP contribution < -0.4 is 5.32 Å². The fraction of sp³-hybridized carbons (Fsp3) is 0.769. The number of nitrogens with one attached hydrogen (secondary N) is 1. The summed E-state index contributed by atoms with van der Waals surface area (Å²) in [5, 5.41) is 6.87. The Balaban J connectivity index is 1.98. The first-order chi connectivity index (χ1) is 8.69. The highest BCUT2D eigenvalue weighted by Gasteiger charge is 2.27. The van der Waals surface area contributed by atoms with E-state index in [1.165, 1.54) is 5.01 Å². The Bertz CT molecular complexity index is 369. The minimum Gasteiger partial charge on any atom is -0.374 e. The van der Waals surface area contributed by atoms with Gasteiger partial charge in [-0.1, -0.05) is 6.92 Å². The largest absolute Gasteiger partial charge is 0.374 e. The molecular weight excluding hydrogens is 246 g/mol. The van der Waals surface area contributed by atoms with Crippen molar-refractivity contribution < 1.29 is 4.74 Å². The van der Waals surface area contributed by atoms with Crippen molar-refractivity contribution in [1.82, 2.24) is 15.2 Å². The van der Waals surface area contributed by atoms with Gasteiger partial charge < -0.3 is 15.0 Å². The maximum absolute atomic E-state index is 5.91. The number of nitrogens with zero attached hydrogens (tertiary/aromatic N) is 2. The van der Waals surface area contributed by atoms with E-state index in [-0.39, 0.29) is 6.10 Å². The molecule has 102 valence electrons. The minimum atomic E-state index is 0.271. The van der Waals surface area contributed by atoms with Crippen molar-refractivity contribution in [3.63, 3.8) is 0 Å². The third kappa shape index (κ3) is 3.75. The summed E-state index contributed by atoms with van der Waals surface area (Å²) in [6.07, 6.45) is 1.23. The van der Waals surface area contributed by atoms with Crippen molar-refractivity contribution in [1.29, 1.82) is 0 Å². The van der Waals surface area contributed by atoms with Crippen LogP contribution in [0.1, 0.15) is 17.6 Å². The Labute approximate surface area is 113 Å². The summed E-state index contributed by atoms with van der Waals surface area (Å²) in [5.41, 5.74) is 1.12. The highest BCUT2D eigenvalue weighted by atomic mass is 32.1. The molecule has 1 aromatic rings. The second-order valence-electron chi connectivity index (χ2n) is 4.92. The molecule has 4 nitrogen and oxygen atoms in total. The van der Waals surface area contributed by atoms with Crippen molar-refractivity contribution in [3.8, 4) is 0 Å². The van der Waals surface area contributed by atoms with Gasteiger partial charge in [-0.25, -0.2) is 4.98 Å². The lowest BCUT2D eigenvalue weighted by molar-refractivity contribution is -0.0381. The molecule has 1 aliphatic heterocycles. The maximum atomic E-state index is 5.91. The molecular formula is C13H23N3OS. The molecule has 5 heteroatoms. The number of likely N-dealkylation sites (N-methyl/N-ethyl adjacent to an activating group) is 2. The van der Waals surface area contributed by atoms with Crippen LogP contribution in [0.15, 0.2) is 5.38 Å². The fourth-order valence-corrected chi connectivity index (χ4v) is 3.17. The molecule has 0 aliphatic carbocycles. The second-order valence-corrected chi connectivity index (χ2v) is 5.87. The van der Waals surface area contributed by atoms with Gasteiger partial charge in [0, 0.05) is 36.6 Å². The molecule has 0 bridgehead atoms. The molecule has 1 N–H and O–H groups in total. The molecule has 1 aliphatic rings. The van der Waals surface area contributed by atoms with Gasteiger partial charge in [-0.2, -0.15) is 0 Å². The Morgan fingerprint density at radius 1 is 1.67 bits per heavy atom. The van der Waals surface area contributed by atoms with Crippen LogP contribution >= 0.6 is 11.3 Å². The molecule has 0 saturated carbocycles. The number of hydrogen-bond donors (Lipinski definition) is 1. The van der Waals surface area contributed by atoms with Crippen LogP contribution in [0.5, 0.6) is 0 Å². The minimum absolute atomic E-state index is 0.271. The summed E-state index contributed by atoms with van der Waals surface area (Å²) in [7, 11) is 2.16. The molecule has 2 rings (SSSR count). The molecule has 1 fully saturated rings. The van der Waals surface area contributed by atoms with Crippen LogP contribution in [-0.2, 0) is 11.2 Å². The molecule has 0 radical (unpaired) electrons. The first-order valence-electron chi connectivity index (χ1n) is 6.63. The number of morpholine rings is 1. The third-order valence-electron chi connectivity index (χ3n) is 3.27. The normalized spacial score (nSPS) is 23.2. The van der Waals surface area contributed by atoms with E-state index in [9.17, 15) is 0 Å². The van der Waals surface area contributed by atoms with Gasteiger partial charge in [-0.05, 0) is 20.5 Å². The topological polar surface area (TPSA) is 37.4 Å². The number of thiazole rings is 1. The van der Waals surface area contributed by atoms with Gasteiger partial charge in [0.25, 0.3) is 0 Å². The lowest BCUT2D eigenvalue weighted by Crippen LogP contribution is -2.52. The van der Waals surface area contributed by atoms with Crippen molar-refractivity contribution in [2.24, 2.45) is 0 Å². The molecule has 1 saturated heterocycles. The van der Waals surface area contributed by atoms with E-state index >= 15 is 0 Å². The highest BCUT2D eigenvalue weighted by molar-refractivity contribution is 7.09. The van der Waals surface area contributed by atoms with E-state index in [1.807, 2.05) is 6.92 Å². The van der Waals surface area contributed by atoms with Crippen molar-refractivity contribution >= 4 is 11.3 Å². The van der Waals surface area contributed by atoms with E-state index in [0.717, 1.165) is 38.4 Å². The van der Waals surface area contributed by atoms with E-state index in [4.69, 9.17) is 4.74 Å². The van der Waals surface area contributed by atoms with Gasteiger partial charge in [-0.15, -0.1) is 11.3 Å². The SMILES string of the molecule is CCNC(Cc1nc(C)cs1)C1CN(C)CCO1. The number of hydrogen-bond acceptors (Lipinski definition) is 5. The Kier molecular flexibility index (Phi) is 5.12. The summed E-state index contributed by atoms with van der Waals surface area (Å²) in [6.45, 7) is 8.03. The van der Waals surface area contributed by atoms with Gasteiger partial charge in [0.05, 0.1) is 17.7 Å². The summed E-state index contributed by atoms with van der Waals surface area (Å²) >= 11 is 1.75. The zero-order valence-electron chi connectivity index (χ0n) is 11.5. The average Bonchev–Trinajstić information content (AvgIpc) is 2.74. The molecule has 1 aromatic heterocycles.